The summed E-state index contributed by atoms with van der Waals surface area (Å²) in [6, 6.07) is 4.46. The number of hydrogen-bond acceptors (Lipinski definition) is 3. The second-order valence-corrected chi connectivity index (χ2v) is 7.73. The molecule has 0 spiro atoms. The highest BCUT2D eigenvalue weighted by molar-refractivity contribution is 7.89. The minimum Gasteiger partial charge on any atom is -0.398 e. The van der Waals surface area contributed by atoms with Crippen LogP contribution in [-0.4, -0.2) is 14.5 Å². The zero-order chi connectivity index (χ0) is 14.8. The zero-order valence-electron chi connectivity index (χ0n) is 11.6. The van der Waals surface area contributed by atoms with Gasteiger partial charge in [-0.25, -0.2) is 13.1 Å². The smallest absolute Gasteiger partial charge is 0.242 e. The molecule has 1 aromatic rings. The molecule has 0 heterocycles. The molecule has 4 nitrogen and oxygen atoms in total. The average molecular weight is 317 g/mol. The Kier molecular flexibility index (Phi) is 4.94. The first kappa shape index (κ1) is 15.6. The number of sulfonamides is 1. The van der Waals surface area contributed by atoms with Crippen LogP contribution in [0.2, 0.25) is 5.02 Å². The second kappa shape index (κ2) is 6.33. The number of anilines is 1. The van der Waals surface area contributed by atoms with Crippen LogP contribution in [0.25, 0.3) is 0 Å². The Morgan fingerprint density at radius 3 is 2.70 bits per heavy atom. The van der Waals surface area contributed by atoms with E-state index < -0.39 is 10.0 Å². The lowest BCUT2D eigenvalue weighted by Gasteiger charge is -2.17. The number of nitrogen functional groups attached to an aromatic ring is 1. The number of hydrogen-bond donors (Lipinski definition) is 2. The fourth-order valence-corrected chi connectivity index (χ4v) is 4.25. The number of nitrogens with one attached hydrogen (secondary N) is 1. The molecule has 3 N–H and O–H groups in total. The van der Waals surface area contributed by atoms with Gasteiger partial charge in [-0.05, 0) is 43.4 Å². The molecule has 1 aromatic carbocycles. The fraction of sp³-hybridized carbons (Fsp3) is 0.571. The highest BCUT2D eigenvalue weighted by Gasteiger charge is 2.24. The van der Waals surface area contributed by atoms with E-state index in [9.17, 15) is 8.42 Å². The van der Waals surface area contributed by atoms with Crippen LogP contribution in [0, 0.1) is 5.92 Å². The van der Waals surface area contributed by atoms with Crippen molar-refractivity contribution in [2.24, 2.45) is 5.92 Å². The van der Waals surface area contributed by atoms with Crippen LogP contribution in [0.4, 0.5) is 5.69 Å². The molecule has 20 heavy (non-hydrogen) atoms. The molecule has 0 saturated heterocycles. The summed E-state index contributed by atoms with van der Waals surface area (Å²) in [6.07, 6.45) is 5.06. The summed E-state index contributed by atoms with van der Waals surface area (Å²) in [6.45, 7) is 2.22. The molecule has 1 saturated carbocycles. The maximum absolute atomic E-state index is 12.4. The molecular weight excluding hydrogens is 296 g/mol. The molecule has 2 atom stereocenters. The van der Waals surface area contributed by atoms with Gasteiger partial charge in [-0.2, -0.15) is 0 Å². The van der Waals surface area contributed by atoms with Crippen molar-refractivity contribution in [3.05, 3.63) is 23.2 Å². The Labute approximate surface area is 125 Å². The summed E-state index contributed by atoms with van der Waals surface area (Å²) in [5.41, 5.74) is 5.95. The average Bonchev–Trinajstić information content (AvgIpc) is 2.53. The monoisotopic (exact) mass is 316 g/mol. The van der Waals surface area contributed by atoms with Crippen molar-refractivity contribution >= 4 is 27.3 Å². The first-order valence-corrected chi connectivity index (χ1v) is 8.82. The van der Waals surface area contributed by atoms with Gasteiger partial charge < -0.3 is 5.73 Å². The number of benzene rings is 1. The van der Waals surface area contributed by atoms with E-state index >= 15 is 0 Å². The predicted molar refractivity (Wildman–Crippen MR) is 82.2 cm³/mol. The van der Waals surface area contributed by atoms with E-state index in [1.807, 2.05) is 0 Å². The van der Waals surface area contributed by atoms with Gasteiger partial charge in [-0.15, -0.1) is 0 Å². The number of nitrogens with two attached hydrogens (primary N) is 1. The molecule has 2 unspecified atom stereocenters. The molecule has 0 amide bonds. The van der Waals surface area contributed by atoms with Crippen LogP contribution in [0.1, 0.15) is 39.0 Å². The number of rotatable bonds is 3. The largest absolute Gasteiger partial charge is 0.398 e. The molecule has 2 rings (SSSR count). The van der Waals surface area contributed by atoms with Gasteiger partial charge in [-0.3, -0.25) is 0 Å². The van der Waals surface area contributed by atoms with Crippen molar-refractivity contribution in [2.45, 2.75) is 50.0 Å². The third kappa shape index (κ3) is 3.87. The SMILES string of the molecule is CC1CCCC(NS(=O)(=O)c2ccc(Cl)cc2N)CC1. The molecule has 0 radical (unpaired) electrons. The first-order valence-electron chi connectivity index (χ1n) is 6.96. The van der Waals surface area contributed by atoms with Gasteiger partial charge in [0.2, 0.25) is 10.0 Å². The van der Waals surface area contributed by atoms with Crippen molar-refractivity contribution < 1.29 is 8.42 Å². The van der Waals surface area contributed by atoms with E-state index in [2.05, 4.69) is 11.6 Å². The number of halogens is 1. The van der Waals surface area contributed by atoms with E-state index in [1.54, 1.807) is 6.07 Å². The first-order chi connectivity index (χ1) is 9.38. The van der Waals surface area contributed by atoms with Gasteiger partial charge in [0.05, 0.1) is 5.69 Å². The fourth-order valence-electron chi connectivity index (χ4n) is 2.65. The van der Waals surface area contributed by atoms with Crippen LogP contribution in [-0.2, 0) is 10.0 Å². The normalized spacial score (nSPS) is 24.3. The third-order valence-electron chi connectivity index (χ3n) is 3.84. The van der Waals surface area contributed by atoms with Crippen molar-refractivity contribution in [3.63, 3.8) is 0 Å². The Balaban J connectivity index is 2.14. The maximum Gasteiger partial charge on any atom is 0.242 e. The topological polar surface area (TPSA) is 72.2 Å². The Morgan fingerprint density at radius 2 is 2.00 bits per heavy atom. The molecule has 0 bridgehead atoms. The van der Waals surface area contributed by atoms with E-state index in [0.29, 0.717) is 10.9 Å². The lowest BCUT2D eigenvalue weighted by Crippen LogP contribution is -2.34. The second-order valence-electron chi connectivity index (χ2n) is 5.61. The Hall–Kier alpha value is -0.780. The Morgan fingerprint density at radius 1 is 1.25 bits per heavy atom. The van der Waals surface area contributed by atoms with E-state index in [0.717, 1.165) is 25.7 Å². The van der Waals surface area contributed by atoms with Crippen LogP contribution < -0.4 is 10.5 Å². The highest BCUT2D eigenvalue weighted by Crippen LogP contribution is 2.26. The van der Waals surface area contributed by atoms with Gasteiger partial charge in [0.1, 0.15) is 4.90 Å². The lowest BCUT2D eigenvalue weighted by molar-refractivity contribution is 0.484. The van der Waals surface area contributed by atoms with Crippen molar-refractivity contribution in [2.75, 3.05) is 5.73 Å². The predicted octanol–water partition coefficient (Wildman–Crippen LogP) is 3.17. The zero-order valence-corrected chi connectivity index (χ0v) is 13.2. The molecule has 1 aliphatic rings. The van der Waals surface area contributed by atoms with E-state index in [1.165, 1.54) is 18.6 Å². The van der Waals surface area contributed by atoms with E-state index in [4.69, 9.17) is 17.3 Å². The third-order valence-corrected chi connectivity index (χ3v) is 5.67. The summed E-state index contributed by atoms with van der Waals surface area (Å²) < 4.78 is 27.6. The maximum atomic E-state index is 12.4. The lowest BCUT2D eigenvalue weighted by atomic mass is 10.0. The molecule has 1 aliphatic carbocycles. The highest BCUT2D eigenvalue weighted by atomic mass is 35.5. The van der Waals surface area contributed by atoms with Gasteiger partial charge >= 0.3 is 0 Å². The van der Waals surface area contributed by atoms with Crippen LogP contribution in [0.15, 0.2) is 23.1 Å². The van der Waals surface area contributed by atoms with Crippen LogP contribution in [0.5, 0.6) is 0 Å². The van der Waals surface area contributed by atoms with Crippen LogP contribution in [0.3, 0.4) is 0 Å². The standard InChI is InChI=1S/C14H21ClN2O2S/c1-10-3-2-4-12(7-5-10)17-20(18,19)14-8-6-11(15)9-13(14)16/h6,8-10,12,17H,2-5,7,16H2,1H3. The van der Waals surface area contributed by atoms with Crippen molar-refractivity contribution in [1.82, 2.24) is 4.72 Å². The summed E-state index contributed by atoms with van der Waals surface area (Å²) in [5, 5.41) is 0.435. The van der Waals surface area contributed by atoms with Gasteiger partial charge in [0.15, 0.2) is 0 Å². The Bertz CT molecular complexity index is 575. The van der Waals surface area contributed by atoms with Crippen molar-refractivity contribution in [3.8, 4) is 0 Å². The molecule has 112 valence electrons. The molecule has 6 heteroatoms. The molecular formula is C14H21ClN2O2S. The van der Waals surface area contributed by atoms with E-state index in [-0.39, 0.29) is 16.6 Å². The molecule has 1 fully saturated rings. The molecule has 0 aromatic heterocycles. The minimum atomic E-state index is -3.57. The quantitative estimate of drug-likeness (QED) is 0.664. The summed E-state index contributed by atoms with van der Waals surface area (Å²) >= 11 is 5.80. The molecule has 0 aliphatic heterocycles. The summed E-state index contributed by atoms with van der Waals surface area (Å²) in [5.74, 6) is 0.671. The van der Waals surface area contributed by atoms with Gasteiger partial charge in [0, 0.05) is 11.1 Å². The summed E-state index contributed by atoms with van der Waals surface area (Å²) in [7, 11) is -3.57. The van der Waals surface area contributed by atoms with Gasteiger partial charge in [0.25, 0.3) is 0 Å². The minimum absolute atomic E-state index is 0.0000260. The van der Waals surface area contributed by atoms with Gasteiger partial charge in [-0.1, -0.05) is 31.4 Å². The van der Waals surface area contributed by atoms with Crippen molar-refractivity contribution in [1.29, 1.82) is 0 Å². The summed E-state index contributed by atoms with van der Waals surface area (Å²) in [4.78, 5) is 0.110. The van der Waals surface area contributed by atoms with Crippen LogP contribution >= 0.6 is 11.6 Å².